The molecular weight excluding hydrogens is 206 g/mol. The second kappa shape index (κ2) is 7.20. The van der Waals surface area contributed by atoms with Crippen molar-refractivity contribution in [3.8, 4) is 6.07 Å². The number of nitriles is 1. The molecule has 0 bridgehead atoms. The molecule has 0 heterocycles. The lowest BCUT2D eigenvalue weighted by Gasteiger charge is -2.30. The molecule has 0 radical (unpaired) electrons. The van der Waals surface area contributed by atoms with Crippen LogP contribution in [0.3, 0.4) is 0 Å². The summed E-state index contributed by atoms with van der Waals surface area (Å²) in [6.07, 6.45) is 4.50. The van der Waals surface area contributed by atoms with E-state index < -0.39 is 0 Å². The monoisotopic (exact) mass is 225 g/mol. The first kappa shape index (κ1) is 12.9. The molecule has 0 spiro atoms. The molecule has 0 aliphatic heterocycles. The quantitative estimate of drug-likeness (QED) is 0.652. The third kappa shape index (κ3) is 4.17. The summed E-state index contributed by atoms with van der Waals surface area (Å²) in [6, 6.07) is 1.85. The minimum atomic E-state index is -0.233. The van der Waals surface area contributed by atoms with Gasteiger partial charge in [-0.15, -0.1) is 0 Å². The van der Waals surface area contributed by atoms with Gasteiger partial charge in [-0.3, -0.25) is 4.79 Å². The number of amides is 1. The molecule has 90 valence electrons. The Kier molecular flexibility index (Phi) is 5.83. The number of nitrogens with one attached hydrogen (secondary N) is 1. The van der Waals surface area contributed by atoms with Gasteiger partial charge in [0.05, 0.1) is 12.2 Å². The molecule has 2 atom stereocenters. The Morgan fingerprint density at radius 2 is 2.25 bits per heavy atom. The van der Waals surface area contributed by atoms with Crippen LogP contribution in [0, 0.1) is 17.2 Å². The third-order valence-corrected chi connectivity index (χ3v) is 2.94. The van der Waals surface area contributed by atoms with Crippen molar-refractivity contribution in [1.29, 1.82) is 5.26 Å². The molecule has 5 nitrogen and oxygen atoms in total. The van der Waals surface area contributed by atoms with Crippen molar-refractivity contribution in [2.45, 2.75) is 31.8 Å². The minimum absolute atomic E-state index is 0.0306. The zero-order valence-corrected chi connectivity index (χ0v) is 9.45. The van der Waals surface area contributed by atoms with Crippen LogP contribution in [0.1, 0.15) is 25.7 Å². The summed E-state index contributed by atoms with van der Waals surface area (Å²) in [7, 11) is 0. The van der Waals surface area contributed by atoms with Gasteiger partial charge in [0.1, 0.15) is 13.2 Å². The van der Waals surface area contributed by atoms with Gasteiger partial charge < -0.3 is 15.8 Å². The van der Waals surface area contributed by atoms with Gasteiger partial charge in [0, 0.05) is 0 Å². The van der Waals surface area contributed by atoms with E-state index in [4.69, 9.17) is 15.7 Å². The van der Waals surface area contributed by atoms with E-state index in [1.807, 2.05) is 6.07 Å². The molecule has 1 aliphatic carbocycles. The molecule has 3 N–H and O–H groups in total. The first-order valence-corrected chi connectivity index (χ1v) is 5.73. The van der Waals surface area contributed by atoms with Crippen molar-refractivity contribution < 1.29 is 9.53 Å². The van der Waals surface area contributed by atoms with Crippen molar-refractivity contribution in [2.24, 2.45) is 11.7 Å². The molecule has 0 saturated heterocycles. The van der Waals surface area contributed by atoms with E-state index >= 15 is 0 Å². The summed E-state index contributed by atoms with van der Waals surface area (Å²) in [4.78, 5) is 11.2. The van der Waals surface area contributed by atoms with E-state index in [1.165, 1.54) is 6.42 Å². The number of hydrogen-bond acceptors (Lipinski definition) is 4. The minimum Gasteiger partial charge on any atom is -0.368 e. The molecule has 2 unspecified atom stereocenters. The van der Waals surface area contributed by atoms with Crippen LogP contribution < -0.4 is 11.1 Å². The van der Waals surface area contributed by atoms with Gasteiger partial charge in [-0.2, -0.15) is 5.26 Å². The Balaban J connectivity index is 2.24. The van der Waals surface area contributed by atoms with E-state index in [0.29, 0.717) is 12.5 Å². The number of nitrogens with zero attached hydrogens (tertiary/aromatic N) is 1. The summed E-state index contributed by atoms with van der Waals surface area (Å²) in [5.74, 6) is 0.139. The topological polar surface area (TPSA) is 88.1 Å². The number of rotatable bonds is 5. The normalized spacial score (nSPS) is 24.8. The van der Waals surface area contributed by atoms with Gasteiger partial charge in [-0.25, -0.2) is 0 Å². The lowest BCUT2D eigenvalue weighted by atomic mass is 9.86. The van der Waals surface area contributed by atoms with Gasteiger partial charge in [-0.1, -0.05) is 12.8 Å². The van der Waals surface area contributed by atoms with Crippen molar-refractivity contribution in [1.82, 2.24) is 5.32 Å². The average molecular weight is 225 g/mol. The van der Waals surface area contributed by atoms with Crippen LogP contribution in [0.2, 0.25) is 0 Å². The highest BCUT2D eigenvalue weighted by atomic mass is 16.5. The van der Waals surface area contributed by atoms with Gasteiger partial charge >= 0.3 is 0 Å². The van der Waals surface area contributed by atoms with Crippen molar-refractivity contribution in [3.05, 3.63) is 0 Å². The number of carbonyl (C=O) groups excluding carboxylic acids is 1. The Bertz CT molecular complexity index is 262. The van der Waals surface area contributed by atoms with Gasteiger partial charge in [-0.05, 0) is 25.3 Å². The molecule has 0 aromatic heterocycles. The second-order valence-corrected chi connectivity index (χ2v) is 4.06. The molecule has 0 aromatic rings. The van der Waals surface area contributed by atoms with Gasteiger partial charge in [0.15, 0.2) is 0 Å². The lowest BCUT2D eigenvalue weighted by molar-refractivity contribution is -0.129. The summed E-state index contributed by atoms with van der Waals surface area (Å²) < 4.78 is 5.54. The van der Waals surface area contributed by atoms with E-state index in [1.54, 1.807) is 0 Å². The zero-order valence-electron chi connectivity index (χ0n) is 9.45. The number of ether oxygens (including phenoxy) is 1. The molecule has 1 saturated carbocycles. The molecule has 1 amide bonds. The maximum absolute atomic E-state index is 11.2. The van der Waals surface area contributed by atoms with Crippen molar-refractivity contribution >= 4 is 5.91 Å². The number of hydrogen-bond donors (Lipinski definition) is 2. The Labute approximate surface area is 95.9 Å². The van der Waals surface area contributed by atoms with E-state index in [-0.39, 0.29) is 25.2 Å². The van der Waals surface area contributed by atoms with E-state index in [0.717, 1.165) is 19.3 Å². The fourth-order valence-electron chi connectivity index (χ4n) is 2.03. The Morgan fingerprint density at radius 1 is 1.50 bits per heavy atom. The number of carbonyl (C=O) groups is 1. The fraction of sp³-hybridized carbons (Fsp3) is 0.818. The molecule has 16 heavy (non-hydrogen) atoms. The molecule has 1 fully saturated rings. The predicted molar refractivity (Wildman–Crippen MR) is 59.4 cm³/mol. The maximum Gasteiger partial charge on any atom is 0.246 e. The first-order valence-electron chi connectivity index (χ1n) is 5.73. The highest BCUT2D eigenvalue weighted by molar-refractivity contribution is 5.77. The summed E-state index contributed by atoms with van der Waals surface area (Å²) in [5.41, 5.74) is 5.66. The van der Waals surface area contributed by atoms with Crippen molar-refractivity contribution in [3.63, 3.8) is 0 Å². The lowest BCUT2D eigenvalue weighted by Crippen LogP contribution is -2.36. The van der Waals surface area contributed by atoms with Crippen LogP contribution in [0.5, 0.6) is 0 Å². The summed E-state index contributed by atoms with van der Waals surface area (Å²) in [6.45, 7) is 0.681. The standard InChI is InChI=1S/C11H19N3O2/c12-5-6-14-11(15)8-16-10-4-2-1-3-9(10)7-13/h9-10H,1-4,6-8,13H2,(H,14,15). The molecule has 1 aliphatic rings. The van der Waals surface area contributed by atoms with Crippen LogP contribution in [-0.4, -0.2) is 31.7 Å². The Morgan fingerprint density at radius 3 is 2.94 bits per heavy atom. The average Bonchev–Trinajstić information content (AvgIpc) is 2.34. The first-order chi connectivity index (χ1) is 7.77. The van der Waals surface area contributed by atoms with Crippen molar-refractivity contribution in [2.75, 3.05) is 19.7 Å². The SMILES string of the molecule is N#CCNC(=O)COC1CCCCC1CN. The largest absolute Gasteiger partial charge is 0.368 e. The highest BCUT2D eigenvalue weighted by Crippen LogP contribution is 2.25. The van der Waals surface area contributed by atoms with Crippen LogP contribution >= 0.6 is 0 Å². The van der Waals surface area contributed by atoms with Gasteiger partial charge in [0.25, 0.3) is 0 Å². The predicted octanol–water partition coefficient (Wildman–Crippen LogP) is 0.160. The molecular formula is C11H19N3O2. The van der Waals surface area contributed by atoms with Crippen LogP contribution in [-0.2, 0) is 9.53 Å². The summed E-state index contributed by atoms with van der Waals surface area (Å²) >= 11 is 0. The third-order valence-electron chi connectivity index (χ3n) is 2.94. The van der Waals surface area contributed by atoms with Crippen LogP contribution in [0.4, 0.5) is 0 Å². The van der Waals surface area contributed by atoms with E-state index in [2.05, 4.69) is 5.32 Å². The van der Waals surface area contributed by atoms with Gasteiger partial charge in [0.2, 0.25) is 5.91 Å². The van der Waals surface area contributed by atoms with Crippen LogP contribution in [0.25, 0.3) is 0 Å². The smallest absolute Gasteiger partial charge is 0.246 e. The molecule has 5 heteroatoms. The molecule has 1 rings (SSSR count). The second-order valence-electron chi connectivity index (χ2n) is 4.06. The number of nitrogens with two attached hydrogens (primary N) is 1. The zero-order chi connectivity index (χ0) is 11.8. The van der Waals surface area contributed by atoms with Crippen LogP contribution in [0.15, 0.2) is 0 Å². The maximum atomic E-state index is 11.2. The summed E-state index contributed by atoms with van der Waals surface area (Å²) in [5, 5.41) is 10.7. The van der Waals surface area contributed by atoms with E-state index in [9.17, 15) is 4.79 Å². The molecule has 0 aromatic carbocycles. The highest BCUT2D eigenvalue weighted by Gasteiger charge is 2.24. The fourth-order valence-corrected chi connectivity index (χ4v) is 2.03. The Hall–Kier alpha value is -1.12.